The van der Waals surface area contributed by atoms with E-state index in [1.54, 1.807) is 41.3 Å². The van der Waals surface area contributed by atoms with Crippen molar-refractivity contribution in [1.29, 1.82) is 0 Å². The summed E-state index contributed by atoms with van der Waals surface area (Å²) in [5, 5.41) is 0. The van der Waals surface area contributed by atoms with E-state index in [2.05, 4.69) is 4.72 Å². The minimum Gasteiger partial charge on any atom is -0.482 e. The Kier molecular flexibility index (Phi) is 4.91. The summed E-state index contributed by atoms with van der Waals surface area (Å²) in [5.74, 6) is 0.445. The molecule has 0 fully saturated rings. The fourth-order valence-electron chi connectivity index (χ4n) is 2.83. The number of benzene rings is 2. The number of hydrogen-bond donors (Lipinski definition) is 1. The number of carbonyl (C=O) groups excluding carboxylic acids is 1. The number of fused-ring (bicyclic) bond motifs is 1. The zero-order chi connectivity index (χ0) is 18.9. The smallest absolute Gasteiger partial charge is 0.265 e. The molecular weight excluding hydrogens is 352 g/mol. The van der Waals surface area contributed by atoms with E-state index in [1.165, 1.54) is 0 Å². The predicted molar refractivity (Wildman–Crippen MR) is 101 cm³/mol. The van der Waals surface area contributed by atoms with E-state index in [0.29, 0.717) is 23.7 Å². The molecule has 0 saturated heterocycles. The Morgan fingerprint density at radius 2 is 1.88 bits per heavy atom. The highest BCUT2D eigenvalue weighted by atomic mass is 32.2. The lowest BCUT2D eigenvalue weighted by Gasteiger charge is -2.29. The van der Waals surface area contributed by atoms with Crippen molar-refractivity contribution in [3.05, 3.63) is 47.5 Å². The SMILES string of the molecule is CCCN1C(=O)COc2ccc(NS(=O)(=O)c3ccc(C)c(C)c3)cc21. The average Bonchev–Trinajstić information content (AvgIpc) is 2.59. The van der Waals surface area contributed by atoms with Crippen molar-refractivity contribution < 1.29 is 17.9 Å². The van der Waals surface area contributed by atoms with Crippen molar-refractivity contribution >= 4 is 27.3 Å². The van der Waals surface area contributed by atoms with Crippen LogP contribution in [-0.2, 0) is 14.8 Å². The summed E-state index contributed by atoms with van der Waals surface area (Å²) >= 11 is 0. The zero-order valence-electron chi connectivity index (χ0n) is 15.1. The van der Waals surface area contributed by atoms with E-state index in [1.807, 2.05) is 20.8 Å². The summed E-state index contributed by atoms with van der Waals surface area (Å²) in [6, 6.07) is 9.97. The summed E-state index contributed by atoms with van der Waals surface area (Å²) < 4.78 is 33.4. The molecule has 0 aromatic heterocycles. The molecule has 0 bridgehead atoms. The van der Waals surface area contributed by atoms with Gasteiger partial charge in [-0.25, -0.2) is 8.42 Å². The molecule has 0 unspecified atom stereocenters. The first-order valence-electron chi connectivity index (χ1n) is 8.49. The van der Waals surface area contributed by atoms with Gasteiger partial charge in [0.25, 0.3) is 15.9 Å². The number of sulfonamides is 1. The van der Waals surface area contributed by atoms with Crippen molar-refractivity contribution in [2.45, 2.75) is 32.1 Å². The second kappa shape index (κ2) is 6.99. The third kappa shape index (κ3) is 3.53. The number of amides is 1. The third-order valence-corrected chi connectivity index (χ3v) is 5.77. The van der Waals surface area contributed by atoms with Crippen LogP contribution in [0.25, 0.3) is 0 Å². The fraction of sp³-hybridized carbons (Fsp3) is 0.316. The number of aryl methyl sites for hydroxylation is 2. The summed E-state index contributed by atoms with van der Waals surface area (Å²) in [5.41, 5.74) is 2.92. The Hall–Kier alpha value is -2.54. The van der Waals surface area contributed by atoms with Crippen LogP contribution in [0, 0.1) is 13.8 Å². The molecule has 6 nitrogen and oxygen atoms in total. The van der Waals surface area contributed by atoms with Gasteiger partial charge < -0.3 is 9.64 Å². The molecule has 1 aliphatic heterocycles. The number of ether oxygens (including phenoxy) is 1. The van der Waals surface area contributed by atoms with Crippen molar-refractivity contribution in [2.75, 3.05) is 22.8 Å². The van der Waals surface area contributed by atoms with E-state index in [9.17, 15) is 13.2 Å². The van der Waals surface area contributed by atoms with Crippen LogP contribution in [0.5, 0.6) is 5.75 Å². The fourth-order valence-corrected chi connectivity index (χ4v) is 3.96. The normalized spacial score (nSPS) is 14.0. The molecule has 1 amide bonds. The molecule has 3 rings (SSSR count). The lowest BCUT2D eigenvalue weighted by atomic mass is 10.1. The standard InChI is InChI=1S/C19H22N2O4S/c1-4-9-21-17-11-15(6-8-18(17)25-12-19(21)22)20-26(23,24)16-7-5-13(2)14(3)10-16/h5-8,10-11,20H,4,9,12H2,1-3H3. The van der Waals surface area contributed by atoms with Gasteiger partial charge in [-0.2, -0.15) is 0 Å². The van der Waals surface area contributed by atoms with Crippen molar-refractivity contribution in [2.24, 2.45) is 0 Å². The van der Waals surface area contributed by atoms with E-state index in [-0.39, 0.29) is 17.4 Å². The van der Waals surface area contributed by atoms with Crippen LogP contribution >= 0.6 is 0 Å². The van der Waals surface area contributed by atoms with Gasteiger partial charge in [-0.15, -0.1) is 0 Å². The molecule has 1 heterocycles. The molecule has 138 valence electrons. The monoisotopic (exact) mass is 374 g/mol. The summed E-state index contributed by atoms with van der Waals surface area (Å²) in [7, 11) is -3.72. The van der Waals surface area contributed by atoms with Crippen molar-refractivity contribution in [3.8, 4) is 5.75 Å². The van der Waals surface area contributed by atoms with Crippen LogP contribution in [0.1, 0.15) is 24.5 Å². The quantitative estimate of drug-likeness (QED) is 0.872. The van der Waals surface area contributed by atoms with Crippen LogP contribution < -0.4 is 14.4 Å². The van der Waals surface area contributed by atoms with Gasteiger partial charge in [0.05, 0.1) is 16.3 Å². The molecule has 0 spiro atoms. The molecule has 0 saturated carbocycles. The van der Waals surface area contributed by atoms with Gasteiger partial charge in [0.15, 0.2) is 6.61 Å². The van der Waals surface area contributed by atoms with Crippen LogP contribution in [0.2, 0.25) is 0 Å². The summed E-state index contributed by atoms with van der Waals surface area (Å²) in [6.45, 7) is 6.35. The molecule has 1 aliphatic rings. The van der Waals surface area contributed by atoms with E-state index < -0.39 is 10.0 Å². The third-order valence-electron chi connectivity index (χ3n) is 4.39. The van der Waals surface area contributed by atoms with Crippen LogP contribution in [0.3, 0.4) is 0 Å². The lowest BCUT2D eigenvalue weighted by Crippen LogP contribution is -2.39. The Morgan fingerprint density at radius 3 is 2.58 bits per heavy atom. The largest absolute Gasteiger partial charge is 0.482 e. The Balaban J connectivity index is 1.93. The number of anilines is 2. The highest BCUT2D eigenvalue weighted by Gasteiger charge is 2.26. The average molecular weight is 374 g/mol. The van der Waals surface area contributed by atoms with Crippen LogP contribution in [0.4, 0.5) is 11.4 Å². The van der Waals surface area contributed by atoms with Gasteiger partial charge in [-0.1, -0.05) is 13.0 Å². The molecule has 0 aliphatic carbocycles. The molecular formula is C19H22N2O4S. The summed E-state index contributed by atoms with van der Waals surface area (Å²) in [4.78, 5) is 13.9. The highest BCUT2D eigenvalue weighted by molar-refractivity contribution is 7.92. The second-order valence-electron chi connectivity index (χ2n) is 6.37. The van der Waals surface area contributed by atoms with Crippen LogP contribution in [-0.4, -0.2) is 27.5 Å². The lowest BCUT2D eigenvalue weighted by molar-refractivity contribution is -0.121. The first-order valence-corrected chi connectivity index (χ1v) is 9.97. The van der Waals surface area contributed by atoms with Crippen molar-refractivity contribution in [3.63, 3.8) is 0 Å². The maximum absolute atomic E-state index is 12.7. The van der Waals surface area contributed by atoms with Gasteiger partial charge in [0.1, 0.15) is 5.75 Å². The number of hydrogen-bond acceptors (Lipinski definition) is 4. The second-order valence-corrected chi connectivity index (χ2v) is 8.05. The maximum Gasteiger partial charge on any atom is 0.265 e. The number of carbonyl (C=O) groups is 1. The van der Waals surface area contributed by atoms with E-state index in [0.717, 1.165) is 17.5 Å². The van der Waals surface area contributed by atoms with Gasteiger partial charge in [-0.05, 0) is 61.7 Å². The van der Waals surface area contributed by atoms with Gasteiger partial charge in [0, 0.05) is 6.54 Å². The molecule has 2 aromatic rings. The first kappa shape index (κ1) is 18.3. The van der Waals surface area contributed by atoms with Gasteiger partial charge in [0.2, 0.25) is 0 Å². The zero-order valence-corrected chi connectivity index (χ0v) is 15.9. The molecule has 0 atom stereocenters. The first-order chi connectivity index (χ1) is 12.3. The Bertz CT molecular complexity index is 954. The molecule has 0 radical (unpaired) electrons. The topological polar surface area (TPSA) is 75.7 Å². The van der Waals surface area contributed by atoms with Crippen LogP contribution in [0.15, 0.2) is 41.3 Å². The van der Waals surface area contributed by atoms with E-state index in [4.69, 9.17) is 4.74 Å². The maximum atomic E-state index is 12.7. The number of nitrogens with one attached hydrogen (secondary N) is 1. The molecule has 26 heavy (non-hydrogen) atoms. The molecule has 1 N–H and O–H groups in total. The van der Waals surface area contributed by atoms with E-state index >= 15 is 0 Å². The number of rotatable bonds is 5. The van der Waals surface area contributed by atoms with Gasteiger partial charge >= 0.3 is 0 Å². The number of nitrogens with zero attached hydrogens (tertiary/aromatic N) is 1. The predicted octanol–water partition coefficient (Wildman–Crippen LogP) is 3.24. The molecule has 2 aromatic carbocycles. The minimum atomic E-state index is -3.72. The Morgan fingerprint density at radius 1 is 1.12 bits per heavy atom. The Labute approximate surface area is 153 Å². The minimum absolute atomic E-state index is 0.000711. The highest BCUT2D eigenvalue weighted by Crippen LogP contribution is 2.35. The summed E-state index contributed by atoms with van der Waals surface area (Å²) in [6.07, 6.45) is 0.795. The van der Waals surface area contributed by atoms with Crippen molar-refractivity contribution in [1.82, 2.24) is 0 Å². The van der Waals surface area contributed by atoms with Gasteiger partial charge in [-0.3, -0.25) is 9.52 Å². The molecule has 7 heteroatoms.